The topological polar surface area (TPSA) is 244 Å². The van der Waals surface area contributed by atoms with E-state index in [1.165, 1.54) is 0 Å². The van der Waals surface area contributed by atoms with Crippen molar-refractivity contribution in [3.05, 3.63) is 95.6 Å². The van der Waals surface area contributed by atoms with Crippen LogP contribution in [0.3, 0.4) is 0 Å². The number of rotatable bonds is 15. The lowest BCUT2D eigenvalue weighted by molar-refractivity contribution is -0.138. The van der Waals surface area contributed by atoms with E-state index < -0.39 is 11.9 Å². The van der Waals surface area contributed by atoms with Crippen molar-refractivity contribution in [2.24, 2.45) is 0 Å². The van der Waals surface area contributed by atoms with Crippen LogP contribution in [-0.2, 0) is 22.4 Å². The molecule has 6 rings (SSSR count). The number of carbonyl (C=O) groups is 2. The van der Waals surface area contributed by atoms with Crippen LogP contribution in [0.25, 0.3) is 45.7 Å². The molecule has 0 aliphatic heterocycles. The molecule has 0 atom stereocenters. The largest absolute Gasteiger partial charge is 0.490 e. The summed E-state index contributed by atoms with van der Waals surface area (Å²) >= 11 is 0. The van der Waals surface area contributed by atoms with E-state index in [0.717, 1.165) is 11.3 Å². The van der Waals surface area contributed by atoms with Crippen molar-refractivity contribution < 1.29 is 38.3 Å². The molecule has 0 fully saturated rings. The van der Waals surface area contributed by atoms with E-state index in [-0.39, 0.29) is 36.8 Å². The second-order valence-corrected chi connectivity index (χ2v) is 13.0. The monoisotopic (exact) mass is 770 g/mol. The van der Waals surface area contributed by atoms with Gasteiger partial charge in [0.15, 0.2) is 0 Å². The molecule has 0 bridgehead atoms. The lowest BCUT2D eigenvalue weighted by atomic mass is 10.1. The Morgan fingerprint density at radius 2 is 1.11 bits per heavy atom. The minimum absolute atomic E-state index is 0.00428. The maximum atomic E-state index is 10.7. The van der Waals surface area contributed by atoms with E-state index in [9.17, 15) is 20.1 Å². The van der Waals surface area contributed by atoms with E-state index in [2.05, 4.69) is 42.4 Å². The number of hydrogen-bond donors (Lipinski definition) is 2. The van der Waals surface area contributed by atoms with Gasteiger partial charge in [-0.1, -0.05) is 10.3 Å². The minimum atomic E-state index is -0.882. The molecule has 0 radical (unpaired) electrons. The molecule has 16 heteroatoms. The molecule has 4 aromatic heterocycles. The molecule has 0 spiro atoms. The number of nitrogens with zero attached hydrogens (tertiary/aromatic N) is 8. The SMILES string of the molecule is CC(C)Oc1ccc(-c2nc(-c3ccnc(CCC(=O)O)c3)no2)cc1C#N.CC(C)Oc1ccc(-c2nc(-c3ccnc(CCCC(=O)O)c3)no2)cc1C#N. The molecular weight excluding hydrogens is 732 g/mol. The molecule has 0 saturated carbocycles. The normalized spacial score (nSPS) is 10.7. The summed E-state index contributed by atoms with van der Waals surface area (Å²) < 4.78 is 22.0. The third kappa shape index (κ3) is 11.5. The Labute approximate surface area is 327 Å². The number of pyridine rings is 2. The van der Waals surface area contributed by atoms with Gasteiger partial charge < -0.3 is 28.7 Å². The quantitative estimate of drug-likeness (QED) is 0.104. The zero-order chi connectivity index (χ0) is 40.9. The summed E-state index contributed by atoms with van der Waals surface area (Å²) in [6, 6.07) is 21.5. The molecule has 0 unspecified atom stereocenters. The van der Waals surface area contributed by atoms with Crippen LogP contribution in [0.15, 0.2) is 82.1 Å². The van der Waals surface area contributed by atoms with Gasteiger partial charge in [0.05, 0.1) is 29.8 Å². The van der Waals surface area contributed by atoms with Gasteiger partial charge in [0.2, 0.25) is 11.6 Å². The van der Waals surface area contributed by atoms with Crippen LogP contribution >= 0.6 is 0 Å². The minimum Gasteiger partial charge on any atom is -0.490 e. The number of hydrogen-bond acceptors (Lipinski definition) is 14. The molecule has 0 saturated heterocycles. The third-order valence-electron chi connectivity index (χ3n) is 7.84. The van der Waals surface area contributed by atoms with Crippen molar-refractivity contribution in [1.82, 2.24) is 30.2 Å². The fraction of sp³-hybridized carbons (Fsp3) is 0.268. The maximum absolute atomic E-state index is 10.7. The van der Waals surface area contributed by atoms with E-state index in [1.54, 1.807) is 67.0 Å². The van der Waals surface area contributed by atoms with Gasteiger partial charge in [-0.25, -0.2) is 0 Å². The first-order valence-electron chi connectivity index (χ1n) is 17.9. The van der Waals surface area contributed by atoms with Gasteiger partial charge in [-0.3, -0.25) is 19.6 Å². The number of aromatic nitrogens is 6. The Balaban J connectivity index is 0.000000218. The van der Waals surface area contributed by atoms with Gasteiger partial charge in [0.1, 0.15) is 23.6 Å². The fourth-order valence-corrected chi connectivity index (χ4v) is 5.29. The van der Waals surface area contributed by atoms with Crippen molar-refractivity contribution in [1.29, 1.82) is 10.5 Å². The fourth-order valence-electron chi connectivity index (χ4n) is 5.29. The summed E-state index contributed by atoms with van der Waals surface area (Å²) in [4.78, 5) is 38.6. The summed E-state index contributed by atoms with van der Waals surface area (Å²) in [5, 5.41) is 44.3. The number of carboxylic acid groups (broad SMARTS) is 2. The zero-order valence-corrected chi connectivity index (χ0v) is 31.5. The van der Waals surface area contributed by atoms with Crippen LogP contribution in [0.2, 0.25) is 0 Å². The van der Waals surface area contributed by atoms with E-state index in [1.807, 2.05) is 33.8 Å². The lowest BCUT2D eigenvalue weighted by Crippen LogP contribution is -2.06. The molecule has 2 N–H and O–H groups in total. The maximum Gasteiger partial charge on any atom is 0.303 e. The van der Waals surface area contributed by atoms with Gasteiger partial charge in [0.25, 0.3) is 11.8 Å². The Morgan fingerprint density at radius 3 is 1.53 bits per heavy atom. The van der Waals surface area contributed by atoms with Gasteiger partial charge in [-0.2, -0.15) is 20.5 Å². The molecule has 0 amide bonds. The summed E-state index contributed by atoms with van der Waals surface area (Å²) in [5.74, 6) is 0.600. The van der Waals surface area contributed by atoms with Crippen molar-refractivity contribution >= 4 is 11.9 Å². The second kappa shape index (κ2) is 19.2. The highest BCUT2D eigenvalue weighted by Gasteiger charge is 2.17. The molecule has 16 nitrogen and oxygen atoms in total. The Morgan fingerprint density at radius 1 is 0.649 bits per heavy atom. The highest BCUT2D eigenvalue weighted by molar-refractivity contribution is 5.68. The third-order valence-corrected chi connectivity index (χ3v) is 7.84. The van der Waals surface area contributed by atoms with Crippen LogP contribution in [0.5, 0.6) is 11.5 Å². The smallest absolute Gasteiger partial charge is 0.303 e. The average Bonchev–Trinajstić information content (AvgIpc) is 3.89. The van der Waals surface area contributed by atoms with Crippen molar-refractivity contribution in [2.75, 3.05) is 0 Å². The Bertz CT molecular complexity index is 2430. The summed E-state index contributed by atoms with van der Waals surface area (Å²) in [5.41, 5.74) is 4.78. The summed E-state index contributed by atoms with van der Waals surface area (Å²) in [6.07, 6.45) is 4.58. The molecule has 57 heavy (non-hydrogen) atoms. The van der Waals surface area contributed by atoms with Crippen LogP contribution in [0.4, 0.5) is 0 Å². The molecule has 2 aromatic carbocycles. The van der Waals surface area contributed by atoms with Gasteiger partial charge in [-0.05, 0) is 101 Å². The Hall–Kier alpha value is -7.46. The van der Waals surface area contributed by atoms with Crippen LogP contribution < -0.4 is 9.47 Å². The summed E-state index contributed by atoms with van der Waals surface area (Å²) in [6.45, 7) is 7.56. The molecule has 0 aliphatic carbocycles. The number of aryl methyl sites for hydroxylation is 2. The highest BCUT2D eigenvalue weighted by Crippen LogP contribution is 2.29. The standard InChI is InChI=1S/C21H20N4O4.C20H18N4O4/c1-13(2)28-18-7-6-15(10-16(18)12-22)21-24-20(25-29-21)14-8-9-23-17(11-14)4-3-5-19(26)27;1-12(2)27-17-5-3-14(9-15(17)11-21)20-23-19(24-28-20)13-7-8-22-16(10-13)4-6-18(25)26/h6-11,13H,3-5H2,1-2H3,(H,26,27);3,5,7-10,12H,4,6H2,1-2H3,(H,25,26). The number of carboxylic acids is 2. The van der Waals surface area contributed by atoms with Crippen molar-refractivity contribution in [3.63, 3.8) is 0 Å². The number of aliphatic carboxylic acids is 2. The molecule has 290 valence electrons. The Kier molecular flexibility index (Phi) is 13.7. The van der Waals surface area contributed by atoms with Crippen molar-refractivity contribution in [3.8, 4) is 69.3 Å². The van der Waals surface area contributed by atoms with Gasteiger partial charge in [-0.15, -0.1) is 0 Å². The highest BCUT2D eigenvalue weighted by atomic mass is 16.5. The number of ether oxygens (including phenoxy) is 2. The number of nitriles is 2. The molecule has 4 heterocycles. The van der Waals surface area contributed by atoms with E-state index in [0.29, 0.717) is 75.9 Å². The lowest BCUT2D eigenvalue weighted by Gasteiger charge is -2.11. The van der Waals surface area contributed by atoms with Gasteiger partial charge in [0, 0.05) is 58.9 Å². The van der Waals surface area contributed by atoms with E-state index in [4.69, 9.17) is 28.7 Å². The predicted molar refractivity (Wildman–Crippen MR) is 203 cm³/mol. The van der Waals surface area contributed by atoms with Crippen LogP contribution in [0.1, 0.15) is 69.5 Å². The second-order valence-electron chi connectivity index (χ2n) is 13.0. The first-order chi connectivity index (χ1) is 27.4. The average molecular weight is 771 g/mol. The zero-order valence-electron chi connectivity index (χ0n) is 31.5. The van der Waals surface area contributed by atoms with Crippen LogP contribution in [0, 0.1) is 22.7 Å². The van der Waals surface area contributed by atoms with E-state index >= 15 is 0 Å². The summed E-state index contributed by atoms with van der Waals surface area (Å²) in [7, 11) is 0. The number of benzene rings is 2. The first-order valence-corrected chi connectivity index (χ1v) is 17.9. The molecule has 6 aromatic rings. The van der Waals surface area contributed by atoms with Gasteiger partial charge >= 0.3 is 11.9 Å². The molecule has 0 aliphatic rings. The predicted octanol–water partition coefficient (Wildman–Crippen LogP) is 7.34. The van der Waals surface area contributed by atoms with Crippen LogP contribution in [-0.4, -0.2) is 64.6 Å². The van der Waals surface area contributed by atoms with Crippen molar-refractivity contribution in [2.45, 2.75) is 72.0 Å². The first kappa shape index (κ1) is 40.7. The molecular formula is C41H38N8O8.